The molecule has 2 aromatic rings. The van der Waals surface area contributed by atoms with Gasteiger partial charge in [0.05, 0.1) is 11.2 Å². The highest BCUT2D eigenvalue weighted by molar-refractivity contribution is 5.69. The van der Waals surface area contributed by atoms with Gasteiger partial charge in [-0.05, 0) is 24.8 Å². The van der Waals surface area contributed by atoms with Crippen molar-refractivity contribution in [2.45, 2.75) is 56.4 Å². The number of amides is 1. The molecule has 2 fully saturated rings. The third-order valence-electron chi connectivity index (χ3n) is 6.00. The van der Waals surface area contributed by atoms with Gasteiger partial charge >= 0.3 is 6.09 Å². The lowest BCUT2D eigenvalue weighted by Gasteiger charge is -2.51. The van der Waals surface area contributed by atoms with Gasteiger partial charge in [-0.15, -0.1) is 0 Å². The first-order chi connectivity index (χ1) is 14.3. The average molecular weight is 423 g/mol. The summed E-state index contributed by atoms with van der Waals surface area (Å²) in [5.74, 6) is -6.33. The lowest BCUT2D eigenvalue weighted by molar-refractivity contribution is -0.0933. The molecule has 160 valence electrons. The number of nitrogens with zero attached hydrogens (tertiary/aromatic N) is 1. The van der Waals surface area contributed by atoms with Gasteiger partial charge in [-0.3, -0.25) is 0 Å². The predicted molar refractivity (Wildman–Crippen MR) is 99.3 cm³/mol. The number of rotatable bonds is 3. The zero-order valence-corrected chi connectivity index (χ0v) is 16.1. The van der Waals surface area contributed by atoms with E-state index in [4.69, 9.17) is 4.74 Å². The highest BCUT2D eigenvalue weighted by Crippen LogP contribution is 2.46. The molecule has 0 aromatic heterocycles. The lowest BCUT2D eigenvalue weighted by Crippen LogP contribution is -2.59. The van der Waals surface area contributed by atoms with Gasteiger partial charge < -0.3 is 14.7 Å². The third-order valence-corrected chi connectivity index (χ3v) is 6.00. The zero-order chi connectivity index (χ0) is 21.5. The molecule has 2 atom stereocenters. The fourth-order valence-corrected chi connectivity index (χ4v) is 4.71. The first-order valence-electron chi connectivity index (χ1n) is 9.85. The molecule has 0 spiro atoms. The minimum atomic E-state index is -2.12. The van der Waals surface area contributed by atoms with Crippen molar-refractivity contribution in [3.05, 3.63) is 70.8 Å². The van der Waals surface area contributed by atoms with Gasteiger partial charge in [-0.1, -0.05) is 30.3 Å². The van der Waals surface area contributed by atoms with Crippen LogP contribution in [-0.4, -0.2) is 28.2 Å². The van der Waals surface area contributed by atoms with E-state index in [1.165, 1.54) is 4.90 Å². The van der Waals surface area contributed by atoms with Crippen LogP contribution in [0.3, 0.4) is 0 Å². The molecule has 2 bridgehead atoms. The Morgan fingerprint density at radius 1 is 1.03 bits per heavy atom. The molecule has 2 aromatic carbocycles. The van der Waals surface area contributed by atoms with Crippen LogP contribution in [-0.2, 0) is 16.9 Å². The fraction of sp³-hybridized carbons (Fsp3) is 0.409. The number of piperidine rings is 2. The normalized spacial score (nSPS) is 25.8. The van der Waals surface area contributed by atoms with E-state index < -0.39 is 52.6 Å². The number of hydrogen-bond donors (Lipinski definition) is 1. The van der Waals surface area contributed by atoms with Gasteiger partial charge in [0.1, 0.15) is 6.61 Å². The number of halogens is 4. The minimum absolute atomic E-state index is 0.0677. The van der Waals surface area contributed by atoms with Crippen LogP contribution in [0.2, 0.25) is 0 Å². The van der Waals surface area contributed by atoms with Gasteiger partial charge in [0.2, 0.25) is 0 Å². The van der Waals surface area contributed by atoms with Crippen LogP contribution >= 0.6 is 0 Å². The van der Waals surface area contributed by atoms with Crippen LogP contribution in [0.4, 0.5) is 22.4 Å². The van der Waals surface area contributed by atoms with Gasteiger partial charge in [0.15, 0.2) is 23.3 Å². The summed E-state index contributed by atoms with van der Waals surface area (Å²) in [4.78, 5) is 14.2. The summed E-state index contributed by atoms with van der Waals surface area (Å²) in [7, 11) is 0. The maximum absolute atomic E-state index is 14.4. The quantitative estimate of drug-likeness (QED) is 0.571. The lowest BCUT2D eigenvalue weighted by atomic mass is 9.72. The number of carbonyl (C=O) groups is 1. The van der Waals surface area contributed by atoms with Crippen molar-refractivity contribution in [1.29, 1.82) is 0 Å². The number of benzene rings is 2. The summed E-state index contributed by atoms with van der Waals surface area (Å²) in [5.41, 5.74) is -2.32. The Morgan fingerprint density at radius 3 is 2.17 bits per heavy atom. The molecular formula is C22H21F4NO3. The molecule has 1 amide bonds. The second kappa shape index (κ2) is 7.91. The van der Waals surface area contributed by atoms with Crippen LogP contribution in [0.5, 0.6) is 0 Å². The molecule has 4 rings (SSSR count). The van der Waals surface area contributed by atoms with Crippen LogP contribution in [0.1, 0.15) is 43.2 Å². The fourth-order valence-electron chi connectivity index (χ4n) is 4.71. The molecule has 2 saturated heterocycles. The van der Waals surface area contributed by atoms with E-state index >= 15 is 0 Å². The van der Waals surface area contributed by atoms with Gasteiger partial charge in [0.25, 0.3) is 0 Å². The number of carbonyl (C=O) groups excluding carboxylic acids is 1. The molecule has 2 aliphatic heterocycles. The Kier molecular flexibility index (Phi) is 5.44. The van der Waals surface area contributed by atoms with E-state index in [9.17, 15) is 27.5 Å². The SMILES string of the molecule is O=C(OCc1ccccc1)N1C2CCCC1CC(O)(c1c(F)c(F)cc(F)c1F)C2. The number of hydrogen-bond acceptors (Lipinski definition) is 3. The third kappa shape index (κ3) is 3.64. The molecule has 0 radical (unpaired) electrons. The van der Waals surface area contributed by atoms with Crippen LogP contribution < -0.4 is 0 Å². The molecule has 4 nitrogen and oxygen atoms in total. The van der Waals surface area contributed by atoms with Crippen molar-refractivity contribution in [3.8, 4) is 0 Å². The Bertz CT molecular complexity index is 913. The van der Waals surface area contributed by atoms with E-state index in [0.717, 1.165) is 12.0 Å². The molecular weight excluding hydrogens is 402 g/mol. The molecule has 8 heteroatoms. The summed E-state index contributed by atoms with van der Waals surface area (Å²) < 4.78 is 61.6. The number of aliphatic hydroxyl groups is 1. The Labute approximate surface area is 171 Å². The molecule has 30 heavy (non-hydrogen) atoms. The molecule has 2 heterocycles. The van der Waals surface area contributed by atoms with Crippen molar-refractivity contribution < 1.29 is 32.2 Å². The van der Waals surface area contributed by atoms with E-state index in [0.29, 0.717) is 12.8 Å². The summed E-state index contributed by atoms with van der Waals surface area (Å²) in [6.45, 7) is 0.0677. The van der Waals surface area contributed by atoms with Crippen molar-refractivity contribution in [1.82, 2.24) is 4.90 Å². The summed E-state index contributed by atoms with van der Waals surface area (Å²) in [6.07, 6.45) is 0.681. The smallest absolute Gasteiger partial charge is 0.410 e. The highest BCUT2D eigenvalue weighted by atomic mass is 19.2. The first-order valence-corrected chi connectivity index (χ1v) is 9.85. The summed E-state index contributed by atoms with van der Waals surface area (Å²) in [5, 5.41) is 11.1. The molecule has 2 unspecified atom stereocenters. The maximum atomic E-state index is 14.4. The standard InChI is InChI=1S/C22H21F4NO3/c23-16-9-17(24)20(26)18(19(16)25)22(29)10-14-7-4-8-15(11-22)27(14)21(28)30-12-13-5-2-1-3-6-13/h1-3,5-6,9,14-15,29H,4,7-8,10-12H2. The summed E-state index contributed by atoms with van der Waals surface area (Å²) >= 11 is 0. The van der Waals surface area contributed by atoms with E-state index in [-0.39, 0.29) is 25.5 Å². The maximum Gasteiger partial charge on any atom is 0.410 e. The van der Waals surface area contributed by atoms with Gasteiger partial charge in [0, 0.05) is 31.0 Å². The average Bonchev–Trinajstić information content (AvgIpc) is 2.71. The van der Waals surface area contributed by atoms with Crippen molar-refractivity contribution in [2.24, 2.45) is 0 Å². The van der Waals surface area contributed by atoms with Gasteiger partial charge in [-0.2, -0.15) is 0 Å². The Hall–Kier alpha value is -2.61. The predicted octanol–water partition coefficient (Wildman–Crippen LogP) is 4.78. The van der Waals surface area contributed by atoms with Gasteiger partial charge in [-0.25, -0.2) is 22.4 Å². The minimum Gasteiger partial charge on any atom is -0.445 e. The van der Waals surface area contributed by atoms with Crippen molar-refractivity contribution in [2.75, 3.05) is 0 Å². The van der Waals surface area contributed by atoms with Crippen LogP contribution in [0, 0.1) is 23.3 Å². The Balaban J connectivity index is 1.57. The highest BCUT2D eigenvalue weighted by Gasteiger charge is 2.51. The topological polar surface area (TPSA) is 49.8 Å². The molecule has 0 saturated carbocycles. The largest absolute Gasteiger partial charge is 0.445 e. The van der Waals surface area contributed by atoms with Crippen LogP contribution in [0.15, 0.2) is 36.4 Å². The van der Waals surface area contributed by atoms with Crippen molar-refractivity contribution >= 4 is 6.09 Å². The van der Waals surface area contributed by atoms with Crippen LogP contribution in [0.25, 0.3) is 0 Å². The van der Waals surface area contributed by atoms with Crippen molar-refractivity contribution in [3.63, 3.8) is 0 Å². The number of fused-ring (bicyclic) bond motifs is 2. The monoisotopic (exact) mass is 423 g/mol. The van der Waals surface area contributed by atoms with E-state index in [2.05, 4.69) is 0 Å². The second-order valence-electron chi connectivity index (χ2n) is 7.97. The van der Waals surface area contributed by atoms with E-state index in [1.54, 1.807) is 0 Å². The Morgan fingerprint density at radius 2 is 1.60 bits per heavy atom. The first kappa shape index (κ1) is 20.7. The molecule has 0 aliphatic carbocycles. The molecule has 1 N–H and O–H groups in total. The zero-order valence-electron chi connectivity index (χ0n) is 16.1. The second-order valence-corrected chi connectivity index (χ2v) is 7.97. The molecule has 2 aliphatic rings. The summed E-state index contributed by atoms with van der Waals surface area (Å²) in [6, 6.07) is 8.11. The van der Waals surface area contributed by atoms with E-state index in [1.807, 2.05) is 30.3 Å². The number of ether oxygens (including phenoxy) is 1.